The lowest BCUT2D eigenvalue weighted by atomic mass is 10.0. The summed E-state index contributed by atoms with van der Waals surface area (Å²) in [7, 11) is 0. The van der Waals surface area contributed by atoms with E-state index in [0.29, 0.717) is 28.8 Å². The van der Waals surface area contributed by atoms with Gasteiger partial charge in [0.15, 0.2) is 5.78 Å². The predicted molar refractivity (Wildman–Crippen MR) is 85.7 cm³/mol. The van der Waals surface area contributed by atoms with Crippen LogP contribution in [-0.4, -0.2) is 12.4 Å². The third kappa shape index (κ3) is 2.66. The predicted octanol–water partition coefficient (Wildman–Crippen LogP) is 5.19. The Bertz CT molecular complexity index is 723. The number of ether oxygens (including phenoxy) is 1. The van der Waals surface area contributed by atoms with Gasteiger partial charge in [0.05, 0.1) is 16.7 Å². The molecule has 1 aliphatic carbocycles. The molecule has 0 radical (unpaired) electrons. The Hall–Kier alpha value is -1.51. The number of benzene rings is 2. The van der Waals surface area contributed by atoms with E-state index < -0.39 is 0 Å². The van der Waals surface area contributed by atoms with E-state index in [4.69, 9.17) is 27.9 Å². The van der Waals surface area contributed by atoms with Crippen molar-refractivity contribution in [1.29, 1.82) is 0 Å². The maximum atomic E-state index is 11.7. The van der Waals surface area contributed by atoms with E-state index in [1.54, 1.807) is 6.07 Å². The van der Waals surface area contributed by atoms with Gasteiger partial charge in [0.1, 0.15) is 5.75 Å². The van der Waals surface area contributed by atoms with Gasteiger partial charge in [0, 0.05) is 23.6 Å². The van der Waals surface area contributed by atoms with Crippen molar-refractivity contribution in [2.24, 2.45) is 0 Å². The highest BCUT2D eigenvalue weighted by atomic mass is 35.5. The SMILES string of the molecule is CCOc1cc(Cl)c(-c2ccc3c(c2)CCC3=O)cc1Cl. The number of rotatable bonds is 3. The van der Waals surface area contributed by atoms with Crippen molar-refractivity contribution in [2.45, 2.75) is 19.8 Å². The molecule has 108 valence electrons. The monoisotopic (exact) mass is 320 g/mol. The van der Waals surface area contributed by atoms with Gasteiger partial charge in [0.25, 0.3) is 0 Å². The molecule has 3 rings (SSSR count). The Morgan fingerprint density at radius 1 is 1.05 bits per heavy atom. The molecule has 0 aromatic heterocycles. The maximum Gasteiger partial charge on any atom is 0.163 e. The minimum atomic E-state index is 0.215. The van der Waals surface area contributed by atoms with Crippen molar-refractivity contribution in [1.82, 2.24) is 0 Å². The molecule has 21 heavy (non-hydrogen) atoms. The third-order valence-electron chi connectivity index (χ3n) is 3.66. The highest BCUT2D eigenvalue weighted by Gasteiger charge is 2.20. The van der Waals surface area contributed by atoms with Crippen molar-refractivity contribution in [3.8, 4) is 16.9 Å². The second kappa shape index (κ2) is 5.70. The molecular formula is C17H14Cl2O2. The summed E-state index contributed by atoms with van der Waals surface area (Å²) in [6.45, 7) is 2.44. The van der Waals surface area contributed by atoms with Gasteiger partial charge >= 0.3 is 0 Å². The van der Waals surface area contributed by atoms with E-state index in [-0.39, 0.29) is 5.78 Å². The second-order valence-corrected chi connectivity index (χ2v) is 5.80. The first-order valence-electron chi connectivity index (χ1n) is 6.88. The van der Waals surface area contributed by atoms with Gasteiger partial charge in [-0.25, -0.2) is 0 Å². The molecule has 2 nitrogen and oxygen atoms in total. The van der Waals surface area contributed by atoms with Crippen LogP contribution in [0.3, 0.4) is 0 Å². The molecule has 0 unspecified atom stereocenters. The summed E-state index contributed by atoms with van der Waals surface area (Å²) in [5.41, 5.74) is 3.73. The number of hydrogen-bond acceptors (Lipinski definition) is 2. The average Bonchev–Trinajstić information content (AvgIpc) is 2.84. The minimum Gasteiger partial charge on any atom is -0.492 e. The highest BCUT2D eigenvalue weighted by molar-refractivity contribution is 6.36. The van der Waals surface area contributed by atoms with E-state index >= 15 is 0 Å². The van der Waals surface area contributed by atoms with E-state index in [1.165, 1.54) is 0 Å². The van der Waals surface area contributed by atoms with Crippen LogP contribution in [0.15, 0.2) is 30.3 Å². The van der Waals surface area contributed by atoms with Crippen LogP contribution >= 0.6 is 23.2 Å². The topological polar surface area (TPSA) is 26.3 Å². The van der Waals surface area contributed by atoms with Crippen LogP contribution in [0.2, 0.25) is 10.0 Å². The van der Waals surface area contributed by atoms with E-state index in [2.05, 4.69) is 0 Å². The van der Waals surface area contributed by atoms with E-state index in [9.17, 15) is 4.79 Å². The van der Waals surface area contributed by atoms with Crippen LogP contribution in [0.5, 0.6) is 5.75 Å². The smallest absolute Gasteiger partial charge is 0.163 e. The first-order chi connectivity index (χ1) is 10.1. The Morgan fingerprint density at radius 3 is 2.62 bits per heavy atom. The minimum absolute atomic E-state index is 0.215. The molecule has 0 heterocycles. The summed E-state index contributed by atoms with van der Waals surface area (Å²) in [6.07, 6.45) is 1.39. The number of hydrogen-bond donors (Lipinski definition) is 0. The van der Waals surface area contributed by atoms with Crippen LogP contribution in [0.1, 0.15) is 29.3 Å². The molecule has 0 spiro atoms. The summed E-state index contributed by atoms with van der Waals surface area (Å²) < 4.78 is 5.44. The molecule has 0 aliphatic heterocycles. The Kier molecular flexibility index (Phi) is 3.92. The lowest BCUT2D eigenvalue weighted by Gasteiger charge is -2.11. The molecule has 0 bridgehead atoms. The van der Waals surface area contributed by atoms with Gasteiger partial charge in [-0.1, -0.05) is 41.4 Å². The molecule has 0 N–H and O–H groups in total. The molecule has 4 heteroatoms. The van der Waals surface area contributed by atoms with Crippen LogP contribution in [0.4, 0.5) is 0 Å². The maximum absolute atomic E-state index is 11.7. The normalized spacial score (nSPS) is 13.4. The van der Waals surface area contributed by atoms with Crippen molar-refractivity contribution in [3.05, 3.63) is 51.5 Å². The zero-order valence-electron chi connectivity index (χ0n) is 11.6. The Balaban J connectivity index is 2.05. The molecule has 2 aromatic rings. The quantitative estimate of drug-likeness (QED) is 0.778. The van der Waals surface area contributed by atoms with Gasteiger partial charge in [-0.3, -0.25) is 4.79 Å². The van der Waals surface area contributed by atoms with Crippen LogP contribution < -0.4 is 4.74 Å². The molecule has 0 fully saturated rings. The molecular weight excluding hydrogens is 307 g/mol. The first-order valence-corrected chi connectivity index (χ1v) is 7.64. The van der Waals surface area contributed by atoms with Crippen molar-refractivity contribution < 1.29 is 9.53 Å². The van der Waals surface area contributed by atoms with Gasteiger partial charge in [-0.2, -0.15) is 0 Å². The average molecular weight is 321 g/mol. The van der Waals surface area contributed by atoms with Crippen molar-refractivity contribution in [3.63, 3.8) is 0 Å². The van der Waals surface area contributed by atoms with E-state index in [1.807, 2.05) is 31.2 Å². The second-order valence-electron chi connectivity index (χ2n) is 4.99. The number of carbonyl (C=O) groups is 1. The van der Waals surface area contributed by atoms with Gasteiger partial charge in [-0.15, -0.1) is 0 Å². The largest absolute Gasteiger partial charge is 0.492 e. The standard InChI is InChI=1S/C17H14Cl2O2/c1-2-21-17-9-14(18)13(8-15(17)19)11-3-5-12-10(7-11)4-6-16(12)20/h3,5,7-9H,2,4,6H2,1H3. The number of ketones is 1. The van der Waals surface area contributed by atoms with Gasteiger partial charge in [-0.05, 0) is 30.5 Å². The number of fused-ring (bicyclic) bond motifs is 1. The number of halogens is 2. The summed E-state index contributed by atoms with van der Waals surface area (Å²) >= 11 is 12.6. The fourth-order valence-electron chi connectivity index (χ4n) is 2.64. The Morgan fingerprint density at radius 2 is 1.86 bits per heavy atom. The first kappa shape index (κ1) is 14.4. The molecule has 0 amide bonds. The number of carbonyl (C=O) groups excluding carboxylic acids is 1. The van der Waals surface area contributed by atoms with Crippen LogP contribution in [0.25, 0.3) is 11.1 Å². The van der Waals surface area contributed by atoms with E-state index in [0.717, 1.165) is 28.7 Å². The summed E-state index contributed by atoms with van der Waals surface area (Å²) in [5.74, 6) is 0.802. The summed E-state index contributed by atoms with van der Waals surface area (Å²) in [4.78, 5) is 11.7. The fourth-order valence-corrected chi connectivity index (χ4v) is 3.12. The number of Topliss-reactive ketones (excluding diaryl/α,β-unsaturated/α-hetero) is 1. The van der Waals surface area contributed by atoms with Crippen molar-refractivity contribution in [2.75, 3.05) is 6.61 Å². The Labute approximate surface area is 133 Å². The highest BCUT2D eigenvalue weighted by Crippen LogP contribution is 2.38. The lowest BCUT2D eigenvalue weighted by Crippen LogP contribution is -1.94. The lowest BCUT2D eigenvalue weighted by molar-refractivity contribution is 0.0994. The fraction of sp³-hybridized carbons (Fsp3) is 0.235. The van der Waals surface area contributed by atoms with Crippen molar-refractivity contribution >= 4 is 29.0 Å². The molecule has 1 aliphatic rings. The zero-order valence-corrected chi connectivity index (χ0v) is 13.1. The molecule has 0 saturated carbocycles. The van der Waals surface area contributed by atoms with Gasteiger partial charge in [0.2, 0.25) is 0 Å². The molecule has 0 atom stereocenters. The summed E-state index contributed by atoms with van der Waals surface area (Å²) in [6, 6.07) is 9.37. The molecule has 2 aromatic carbocycles. The number of aryl methyl sites for hydroxylation is 1. The third-order valence-corrected chi connectivity index (χ3v) is 4.27. The van der Waals surface area contributed by atoms with Crippen LogP contribution in [-0.2, 0) is 6.42 Å². The zero-order chi connectivity index (χ0) is 15.0. The summed E-state index contributed by atoms with van der Waals surface area (Å²) in [5, 5.41) is 1.12. The molecule has 0 saturated heterocycles. The van der Waals surface area contributed by atoms with Gasteiger partial charge < -0.3 is 4.74 Å². The van der Waals surface area contributed by atoms with Crippen LogP contribution in [0, 0.1) is 0 Å².